The lowest BCUT2D eigenvalue weighted by atomic mass is 10.1. The topological polar surface area (TPSA) is 68.5 Å². The summed E-state index contributed by atoms with van der Waals surface area (Å²) in [7, 11) is 0. The van der Waals surface area contributed by atoms with E-state index in [4.69, 9.17) is 4.99 Å². The highest BCUT2D eigenvalue weighted by atomic mass is 16.1. The van der Waals surface area contributed by atoms with Gasteiger partial charge in [-0.25, -0.2) is 4.99 Å². The van der Waals surface area contributed by atoms with E-state index >= 15 is 0 Å². The zero-order chi connectivity index (χ0) is 21.0. The van der Waals surface area contributed by atoms with Crippen molar-refractivity contribution in [3.63, 3.8) is 0 Å². The van der Waals surface area contributed by atoms with Crippen molar-refractivity contribution in [3.05, 3.63) is 89.4 Å². The molecule has 2 aromatic rings. The minimum atomic E-state index is -0.272. The maximum atomic E-state index is 12.8. The largest absolute Gasteiger partial charge is 0.322 e. The molecule has 1 N–H and O–H groups in total. The lowest BCUT2D eigenvalue weighted by molar-refractivity contribution is 0.0952. The first-order valence-corrected chi connectivity index (χ1v) is 9.61. The third-order valence-electron chi connectivity index (χ3n) is 5.04. The van der Waals surface area contributed by atoms with Crippen molar-refractivity contribution >= 4 is 17.3 Å². The summed E-state index contributed by atoms with van der Waals surface area (Å²) in [5, 5.41) is 12.8. The Bertz CT molecular complexity index is 1040. The zero-order valence-electron chi connectivity index (χ0n) is 16.9. The quantitative estimate of drug-likeness (QED) is 0.800. The molecule has 0 bridgehead atoms. The fourth-order valence-electron chi connectivity index (χ4n) is 3.22. The van der Waals surface area contributed by atoms with Crippen LogP contribution in [-0.2, 0) is 0 Å². The molecule has 5 nitrogen and oxygen atoms in total. The van der Waals surface area contributed by atoms with Gasteiger partial charge in [0.1, 0.15) is 23.2 Å². The van der Waals surface area contributed by atoms with Crippen molar-refractivity contribution in [2.24, 2.45) is 4.99 Å². The minimum absolute atomic E-state index is 0.0430. The number of rotatable bonds is 5. The summed E-state index contributed by atoms with van der Waals surface area (Å²) in [5.41, 5.74) is 3.73. The second-order valence-electron chi connectivity index (χ2n) is 6.98. The van der Waals surface area contributed by atoms with E-state index in [1.807, 2.05) is 49.1 Å². The summed E-state index contributed by atoms with van der Waals surface area (Å²) in [4.78, 5) is 19.4. The number of carbonyl (C=O) groups is 1. The van der Waals surface area contributed by atoms with Gasteiger partial charge in [-0.1, -0.05) is 49.9 Å². The molecule has 0 aromatic heterocycles. The highest BCUT2D eigenvalue weighted by Gasteiger charge is 2.36. The Kier molecular flexibility index (Phi) is 5.94. The maximum Gasteiger partial charge on any atom is 0.256 e. The number of nitriles is 1. The summed E-state index contributed by atoms with van der Waals surface area (Å²) >= 11 is 0. The van der Waals surface area contributed by atoms with Crippen LogP contribution < -0.4 is 5.32 Å². The third-order valence-corrected chi connectivity index (χ3v) is 5.04. The molecule has 0 aliphatic carbocycles. The van der Waals surface area contributed by atoms with Crippen molar-refractivity contribution in [2.75, 3.05) is 0 Å². The van der Waals surface area contributed by atoms with Crippen LogP contribution in [0.1, 0.15) is 36.2 Å². The highest BCUT2D eigenvalue weighted by molar-refractivity contribution is 6.18. The number of amides is 1. The second kappa shape index (κ2) is 8.57. The number of aryl methyl sites for hydroxylation is 1. The van der Waals surface area contributed by atoms with Crippen LogP contribution in [0.15, 0.2) is 83.3 Å². The number of hydrogen-bond donors (Lipinski definition) is 1. The van der Waals surface area contributed by atoms with Gasteiger partial charge in [-0.15, -0.1) is 0 Å². The summed E-state index contributed by atoms with van der Waals surface area (Å²) in [6.07, 6.45) is 0.820. The average Bonchev–Trinajstić information content (AvgIpc) is 3.00. The molecule has 1 aliphatic rings. The van der Waals surface area contributed by atoms with Gasteiger partial charge in [-0.3, -0.25) is 4.79 Å². The second-order valence-corrected chi connectivity index (χ2v) is 6.98. The first-order chi connectivity index (χ1) is 14.0. The van der Waals surface area contributed by atoms with Crippen LogP contribution in [0.5, 0.6) is 0 Å². The van der Waals surface area contributed by atoms with E-state index in [1.54, 1.807) is 24.3 Å². The first kappa shape index (κ1) is 20.1. The van der Waals surface area contributed by atoms with Gasteiger partial charge in [-0.05, 0) is 44.0 Å². The van der Waals surface area contributed by atoms with E-state index in [-0.39, 0.29) is 11.9 Å². The van der Waals surface area contributed by atoms with E-state index in [2.05, 4.69) is 24.9 Å². The Morgan fingerprint density at radius 3 is 2.48 bits per heavy atom. The van der Waals surface area contributed by atoms with Crippen molar-refractivity contribution in [1.29, 1.82) is 5.26 Å². The molecule has 1 amide bonds. The molecule has 1 heterocycles. The van der Waals surface area contributed by atoms with Gasteiger partial charge in [0.2, 0.25) is 0 Å². The van der Waals surface area contributed by atoms with Crippen LogP contribution in [-0.4, -0.2) is 22.6 Å². The van der Waals surface area contributed by atoms with Gasteiger partial charge in [0.15, 0.2) is 0 Å². The highest BCUT2D eigenvalue weighted by Crippen LogP contribution is 2.32. The van der Waals surface area contributed by atoms with Crippen molar-refractivity contribution in [2.45, 2.75) is 33.2 Å². The Labute approximate surface area is 171 Å². The average molecular weight is 384 g/mol. The summed E-state index contributed by atoms with van der Waals surface area (Å²) < 4.78 is 0. The normalized spacial score (nSPS) is 16.1. The summed E-state index contributed by atoms with van der Waals surface area (Å²) in [6.45, 7) is 10.2. The predicted octanol–water partition coefficient (Wildman–Crippen LogP) is 4.86. The maximum absolute atomic E-state index is 12.8. The molecule has 5 heteroatoms. The molecule has 1 atom stereocenters. The molecule has 3 rings (SSSR count). The smallest absolute Gasteiger partial charge is 0.256 e. The predicted molar refractivity (Wildman–Crippen MR) is 116 cm³/mol. The van der Waals surface area contributed by atoms with Crippen LogP contribution in [0.4, 0.5) is 5.69 Å². The van der Waals surface area contributed by atoms with Gasteiger partial charge in [0, 0.05) is 11.6 Å². The fourth-order valence-corrected chi connectivity index (χ4v) is 3.22. The molecule has 2 aromatic carbocycles. The standard InChI is InChI=1S/C24H24N4O/c1-5-17(3)28-18(4)22(26-21-14-10-9-11-16(21)2)20(15-25)23(28)27-24(29)19-12-7-6-8-13-19/h6-14,17H,4-5H2,1-3H3,(H,27,29). The molecular formula is C24H24N4O. The molecule has 0 saturated heterocycles. The number of nitrogens with zero attached hydrogens (tertiary/aromatic N) is 3. The van der Waals surface area contributed by atoms with Gasteiger partial charge < -0.3 is 10.2 Å². The SMILES string of the molecule is C=C1C(=Nc2ccccc2C)C(C#N)=C(NC(=O)c2ccccc2)N1C(C)CC. The van der Waals surface area contributed by atoms with E-state index in [1.165, 1.54) is 0 Å². The van der Waals surface area contributed by atoms with Crippen molar-refractivity contribution < 1.29 is 4.79 Å². The van der Waals surface area contributed by atoms with Crippen LogP contribution in [0.2, 0.25) is 0 Å². The lowest BCUT2D eigenvalue weighted by Crippen LogP contribution is -2.37. The number of aliphatic imine (C=N–C) groups is 1. The van der Waals surface area contributed by atoms with Crippen molar-refractivity contribution in [1.82, 2.24) is 10.2 Å². The molecule has 29 heavy (non-hydrogen) atoms. The molecule has 0 radical (unpaired) electrons. The molecule has 146 valence electrons. The van der Waals surface area contributed by atoms with Crippen LogP contribution >= 0.6 is 0 Å². The number of hydrogen-bond acceptors (Lipinski definition) is 4. The Morgan fingerprint density at radius 1 is 1.21 bits per heavy atom. The lowest BCUT2D eigenvalue weighted by Gasteiger charge is -2.29. The summed E-state index contributed by atoms with van der Waals surface area (Å²) in [6, 6.07) is 18.9. The first-order valence-electron chi connectivity index (χ1n) is 9.61. The Hall–Kier alpha value is -3.65. The van der Waals surface area contributed by atoms with Gasteiger partial charge in [-0.2, -0.15) is 5.26 Å². The molecule has 0 saturated carbocycles. The van der Waals surface area contributed by atoms with Gasteiger partial charge in [0.25, 0.3) is 5.91 Å². The molecule has 0 spiro atoms. The van der Waals surface area contributed by atoms with Crippen molar-refractivity contribution in [3.8, 4) is 6.07 Å². The third kappa shape index (κ3) is 3.97. The monoisotopic (exact) mass is 384 g/mol. The number of carbonyl (C=O) groups excluding carboxylic acids is 1. The zero-order valence-corrected chi connectivity index (χ0v) is 16.9. The molecule has 0 fully saturated rings. The molecule has 1 unspecified atom stereocenters. The van der Waals surface area contributed by atoms with Crippen LogP contribution in [0.3, 0.4) is 0 Å². The van der Waals surface area contributed by atoms with E-state index in [0.717, 1.165) is 17.7 Å². The number of benzene rings is 2. The van der Waals surface area contributed by atoms with E-state index in [0.29, 0.717) is 28.4 Å². The minimum Gasteiger partial charge on any atom is -0.322 e. The van der Waals surface area contributed by atoms with Crippen LogP contribution in [0.25, 0.3) is 0 Å². The van der Waals surface area contributed by atoms with Crippen LogP contribution in [0, 0.1) is 18.3 Å². The molecular weight excluding hydrogens is 360 g/mol. The van der Waals surface area contributed by atoms with E-state index in [9.17, 15) is 10.1 Å². The number of para-hydroxylation sites is 1. The Morgan fingerprint density at radius 2 is 1.86 bits per heavy atom. The van der Waals surface area contributed by atoms with E-state index < -0.39 is 0 Å². The number of nitrogens with one attached hydrogen (secondary N) is 1. The fraction of sp³-hybridized carbons (Fsp3) is 0.208. The molecule has 1 aliphatic heterocycles. The van der Waals surface area contributed by atoms with Gasteiger partial charge in [0.05, 0.1) is 11.4 Å². The Balaban J connectivity index is 2.09. The summed E-state index contributed by atoms with van der Waals surface area (Å²) in [5.74, 6) is 0.166. The number of allylic oxidation sites excluding steroid dienone is 1. The van der Waals surface area contributed by atoms with Gasteiger partial charge >= 0.3 is 0 Å².